The Labute approximate surface area is 233 Å². The Morgan fingerprint density at radius 3 is 2.65 bits per heavy atom. The number of ether oxygens (including phenoxy) is 1. The molecule has 2 N–H and O–H groups in total. The average Bonchev–Trinajstić information content (AvgIpc) is 3.39. The molecule has 3 heterocycles. The smallest absolute Gasteiger partial charge is 0.251 e. The van der Waals surface area contributed by atoms with Crippen LogP contribution in [0.4, 0.5) is 10.2 Å². The summed E-state index contributed by atoms with van der Waals surface area (Å²) in [7, 11) is 0. The number of aromatic nitrogens is 2. The first-order chi connectivity index (χ1) is 19.5. The minimum Gasteiger partial charge on any atom is -0.491 e. The van der Waals surface area contributed by atoms with E-state index in [-0.39, 0.29) is 17.8 Å². The number of carbonyl (C=O) groups excluding carboxylic acids is 1. The number of benzene rings is 3. The van der Waals surface area contributed by atoms with Gasteiger partial charge in [0.25, 0.3) is 5.91 Å². The zero-order valence-corrected chi connectivity index (χ0v) is 22.5. The van der Waals surface area contributed by atoms with Crippen molar-refractivity contribution in [3.8, 4) is 16.9 Å². The third kappa shape index (κ3) is 5.67. The molecule has 0 spiro atoms. The number of nitrogens with zero attached hydrogens (tertiary/aromatic N) is 3. The maximum absolute atomic E-state index is 13.5. The molecule has 4 aromatic rings. The van der Waals surface area contributed by atoms with Crippen molar-refractivity contribution in [1.82, 2.24) is 20.6 Å². The lowest BCUT2D eigenvalue weighted by atomic mass is 10.00. The minimum atomic E-state index is -0.249. The van der Waals surface area contributed by atoms with Crippen LogP contribution < -0.4 is 20.3 Å². The molecule has 6 rings (SSSR count). The fourth-order valence-corrected chi connectivity index (χ4v) is 5.39. The van der Waals surface area contributed by atoms with E-state index in [0.29, 0.717) is 31.7 Å². The Hall–Kier alpha value is -4.30. The zero-order chi connectivity index (χ0) is 27.5. The van der Waals surface area contributed by atoms with Crippen LogP contribution >= 0.6 is 0 Å². The molecule has 0 unspecified atom stereocenters. The molecule has 204 valence electrons. The molecule has 1 atom stereocenters. The van der Waals surface area contributed by atoms with E-state index in [4.69, 9.17) is 4.74 Å². The molecule has 3 aromatic carbocycles. The van der Waals surface area contributed by atoms with Crippen LogP contribution in [0.2, 0.25) is 0 Å². The Morgan fingerprint density at radius 1 is 1.07 bits per heavy atom. The van der Waals surface area contributed by atoms with Gasteiger partial charge in [0.05, 0.1) is 6.54 Å². The second-order valence-electron chi connectivity index (χ2n) is 10.4. The van der Waals surface area contributed by atoms with Crippen molar-refractivity contribution in [3.05, 3.63) is 107 Å². The highest BCUT2D eigenvalue weighted by molar-refractivity contribution is 5.95. The van der Waals surface area contributed by atoms with Gasteiger partial charge in [-0.05, 0) is 73.0 Å². The highest BCUT2D eigenvalue weighted by Gasteiger charge is 2.22. The standard InChI is InChI=1S/C32H32FN5O2/c1-21-29(16-22-2-9-27(33)10-3-22)31(36-20-35-21)38-14-15-40-30-11-8-25(17-26(30)19-38)23-4-6-24(7-5-23)32(39)37-28-12-13-34-18-28/h2-11,17,20,28,34H,12-16,18-19H2,1H3,(H,37,39)/t28-/m1/s1. The van der Waals surface area contributed by atoms with Gasteiger partial charge in [-0.3, -0.25) is 4.79 Å². The Bertz CT molecular complexity index is 1500. The molecule has 1 saturated heterocycles. The van der Waals surface area contributed by atoms with Crippen LogP contribution in [0.15, 0.2) is 73.1 Å². The van der Waals surface area contributed by atoms with Crippen LogP contribution in [0.5, 0.6) is 5.75 Å². The molecule has 8 heteroatoms. The monoisotopic (exact) mass is 537 g/mol. The molecular weight excluding hydrogens is 505 g/mol. The van der Waals surface area contributed by atoms with Crippen LogP contribution in [-0.2, 0) is 13.0 Å². The van der Waals surface area contributed by atoms with E-state index in [1.807, 2.05) is 37.3 Å². The normalized spacial score (nSPS) is 16.6. The van der Waals surface area contributed by atoms with Crippen molar-refractivity contribution in [3.63, 3.8) is 0 Å². The summed E-state index contributed by atoms with van der Waals surface area (Å²) >= 11 is 0. The van der Waals surface area contributed by atoms with E-state index in [0.717, 1.165) is 64.6 Å². The molecule has 1 aromatic heterocycles. The van der Waals surface area contributed by atoms with Crippen molar-refractivity contribution >= 4 is 11.7 Å². The van der Waals surface area contributed by atoms with Gasteiger partial charge in [0, 0.05) is 47.9 Å². The SMILES string of the molecule is Cc1ncnc(N2CCOc3ccc(-c4ccc(C(=O)N[C@@H]5CCNC5)cc4)cc3C2)c1Cc1ccc(F)cc1. The second kappa shape index (κ2) is 11.4. The summed E-state index contributed by atoms with van der Waals surface area (Å²) in [6.45, 7) is 5.59. The Kier molecular flexibility index (Phi) is 7.42. The largest absolute Gasteiger partial charge is 0.491 e. The number of hydrogen-bond donors (Lipinski definition) is 2. The predicted octanol–water partition coefficient (Wildman–Crippen LogP) is 4.67. The number of amides is 1. The van der Waals surface area contributed by atoms with Gasteiger partial charge in [0.2, 0.25) is 0 Å². The second-order valence-corrected chi connectivity index (χ2v) is 10.4. The molecule has 40 heavy (non-hydrogen) atoms. The van der Waals surface area contributed by atoms with E-state index in [1.165, 1.54) is 12.1 Å². The number of hydrogen-bond acceptors (Lipinski definition) is 6. The summed E-state index contributed by atoms with van der Waals surface area (Å²) in [6.07, 6.45) is 3.17. The van der Waals surface area contributed by atoms with Gasteiger partial charge in [-0.1, -0.05) is 30.3 Å². The molecule has 0 aliphatic carbocycles. The van der Waals surface area contributed by atoms with Gasteiger partial charge in [-0.25, -0.2) is 14.4 Å². The molecule has 7 nitrogen and oxygen atoms in total. The van der Waals surface area contributed by atoms with Gasteiger partial charge in [-0.2, -0.15) is 0 Å². The average molecular weight is 538 g/mol. The minimum absolute atomic E-state index is 0.0391. The van der Waals surface area contributed by atoms with Gasteiger partial charge in [0.15, 0.2) is 0 Å². The Balaban J connectivity index is 1.23. The summed E-state index contributed by atoms with van der Waals surface area (Å²) in [5.74, 6) is 1.44. The predicted molar refractivity (Wildman–Crippen MR) is 153 cm³/mol. The third-order valence-electron chi connectivity index (χ3n) is 7.65. The van der Waals surface area contributed by atoms with Crippen LogP contribution in [0, 0.1) is 12.7 Å². The van der Waals surface area contributed by atoms with E-state index in [1.54, 1.807) is 18.5 Å². The zero-order valence-electron chi connectivity index (χ0n) is 22.5. The fourth-order valence-electron chi connectivity index (χ4n) is 5.39. The number of rotatable bonds is 6. The Morgan fingerprint density at radius 2 is 1.88 bits per heavy atom. The maximum Gasteiger partial charge on any atom is 0.251 e. The third-order valence-corrected chi connectivity index (χ3v) is 7.65. The molecule has 0 radical (unpaired) electrons. The number of anilines is 1. The molecule has 0 bridgehead atoms. The van der Waals surface area contributed by atoms with Crippen LogP contribution in [0.25, 0.3) is 11.1 Å². The summed E-state index contributed by atoms with van der Waals surface area (Å²) in [6, 6.07) is 20.7. The van der Waals surface area contributed by atoms with Crippen molar-refractivity contribution < 1.29 is 13.9 Å². The summed E-state index contributed by atoms with van der Waals surface area (Å²) < 4.78 is 19.6. The first kappa shape index (κ1) is 26.0. The highest BCUT2D eigenvalue weighted by Crippen LogP contribution is 2.32. The van der Waals surface area contributed by atoms with Crippen molar-refractivity contribution in [2.24, 2.45) is 0 Å². The lowest BCUT2D eigenvalue weighted by molar-refractivity contribution is 0.0940. The summed E-state index contributed by atoms with van der Waals surface area (Å²) in [5, 5.41) is 6.37. The van der Waals surface area contributed by atoms with E-state index < -0.39 is 0 Å². The van der Waals surface area contributed by atoms with Gasteiger partial charge in [0.1, 0.15) is 30.3 Å². The quantitative estimate of drug-likeness (QED) is 0.372. The number of fused-ring (bicyclic) bond motifs is 1. The van der Waals surface area contributed by atoms with E-state index in [9.17, 15) is 9.18 Å². The van der Waals surface area contributed by atoms with Crippen LogP contribution in [0.1, 0.15) is 39.2 Å². The highest BCUT2D eigenvalue weighted by atomic mass is 19.1. The number of halogens is 1. The van der Waals surface area contributed by atoms with Crippen LogP contribution in [0.3, 0.4) is 0 Å². The van der Waals surface area contributed by atoms with Crippen molar-refractivity contribution in [2.75, 3.05) is 31.1 Å². The lowest BCUT2D eigenvalue weighted by Crippen LogP contribution is -2.36. The van der Waals surface area contributed by atoms with E-state index >= 15 is 0 Å². The molecule has 0 saturated carbocycles. The molecule has 2 aliphatic rings. The number of nitrogens with one attached hydrogen (secondary N) is 2. The summed E-state index contributed by atoms with van der Waals surface area (Å²) in [5.41, 5.74) is 6.75. The maximum atomic E-state index is 13.5. The van der Waals surface area contributed by atoms with Crippen molar-refractivity contribution in [2.45, 2.75) is 32.4 Å². The fraction of sp³-hybridized carbons (Fsp3) is 0.281. The topological polar surface area (TPSA) is 79.4 Å². The summed E-state index contributed by atoms with van der Waals surface area (Å²) in [4.78, 5) is 24.0. The first-order valence-corrected chi connectivity index (χ1v) is 13.7. The molecular formula is C32H32FN5O2. The van der Waals surface area contributed by atoms with E-state index in [2.05, 4.69) is 37.6 Å². The van der Waals surface area contributed by atoms with Crippen molar-refractivity contribution in [1.29, 1.82) is 0 Å². The molecule has 1 amide bonds. The van der Waals surface area contributed by atoms with Gasteiger partial charge < -0.3 is 20.3 Å². The van der Waals surface area contributed by atoms with Gasteiger partial charge >= 0.3 is 0 Å². The molecule has 2 aliphatic heterocycles. The van der Waals surface area contributed by atoms with Crippen LogP contribution in [-0.4, -0.2) is 48.2 Å². The lowest BCUT2D eigenvalue weighted by Gasteiger charge is -2.24. The number of aryl methyl sites for hydroxylation is 1. The first-order valence-electron chi connectivity index (χ1n) is 13.7. The van der Waals surface area contributed by atoms with Gasteiger partial charge in [-0.15, -0.1) is 0 Å². The number of carbonyl (C=O) groups is 1. The molecule has 1 fully saturated rings.